The molecule has 0 unspecified atom stereocenters. The van der Waals surface area contributed by atoms with E-state index in [-0.39, 0.29) is 23.5 Å². The molecule has 5 nitrogen and oxygen atoms in total. The van der Waals surface area contributed by atoms with Crippen molar-refractivity contribution in [3.05, 3.63) is 10.4 Å². The number of hydrogen-bond donors (Lipinski definition) is 1. The summed E-state index contributed by atoms with van der Waals surface area (Å²) in [6.45, 7) is 1.05. The van der Waals surface area contributed by atoms with Gasteiger partial charge >= 0.3 is 0 Å². The van der Waals surface area contributed by atoms with E-state index in [9.17, 15) is 0 Å². The Kier molecular flexibility index (Phi) is 2.23. The van der Waals surface area contributed by atoms with Gasteiger partial charge in [-0.1, -0.05) is 5.11 Å². The molecule has 2 aliphatic heterocycles. The van der Waals surface area contributed by atoms with Crippen LogP contribution in [0.2, 0.25) is 0 Å². The largest absolute Gasteiger partial charge is 0.373 e. The smallest absolute Gasteiger partial charge is 0.0776 e. The third-order valence-corrected chi connectivity index (χ3v) is 2.44. The SMILES string of the molecule is Cl.[N-]=[N+]=NCC12CC(N)(CO1)C2. The Balaban J connectivity index is 0.000000720. The van der Waals surface area contributed by atoms with Crippen LogP contribution in [0.1, 0.15) is 12.8 Å². The predicted molar refractivity (Wildman–Crippen MR) is 46.1 cm³/mol. The Morgan fingerprint density at radius 1 is 1.58 bits per heavy atom. The zero-order valence-electron chi connectivity index (χ0n) is 6.56. The maximum atomic E-state index is 8.09. The second kappa shape index (κ2) is 2.78. The van der Waals surface area contributed by atoms with Gasteiger partial charge in [0, 0.05) is 10.5 Å². The Hall–Kier alpha value is -0.480. The van der Waals surface area contributed by atoms with E-state index in [4.69, 9.17) is 16.0 Å². The lowest BCUT2D eigenvalue weighted by atomic mass is 9.69. The summed E-state index contributed by atoms with van der Waals surface area (Å²) < 4.78 is 5.43. The molecule has 3 rings (SSSR count). The molecule has 3 fully saturated rings. The minimum atomic E-state index is -0.193. The third-order valence-electron chi connectivity index (χ3n) is 2.44. The first-order valence-corrected chi connectivity index (χ1v) is 3.62. The fourth-order valence-corrected chi connectivity index (χ4v) is 2.05. The minimum absolute atomic E-state index is 0. The van der Waals surface area contributed by atoms with E-state index in [0.29, 0.717) is 13.2 Å². The quantitative estimate of drug-likeness (QED) is 0.400. The summed E-state index contributed by atoms with van der Waals surface area (Å²) in [5.74, 6) is 0. The zero-order valence-corrected chi connectivity index (χ0v) is 7.38. The van der Waals surface area contributed by atoms with Gasteiger partial charge in [-0.05, 0) is 18.4 Å². The number of rotatable bonds is 2. The molecule has 0 amide bonds. The van der Waals surface area contributed by atoms with E-state index in [2.05, 4.69) is 10.0 Å². The highest BCUT2D eigenvalue weighted by molar-refractivity contribution is 5.85. The van der Waals surface area contributed by atoms with Crippen LogP contribution in [0.3, 0.4) is 0 Å². The Morgan fingerprint density at radius 2 is 2.25 bits per heavy atom. The molecule has 0 aromatic heterocycles. The molecular weight excluding hydrogens is 180 g/mol. The van der Waals surface area contributed by atoms with Crippen molar-refractivity contribution in [2.75, 3.05) is 13.2 Å². The average Bonchev–Trinajstić information content (AvgIpc) is 2.38. The van der Waals surface area contributed by atoms with Gasteiger partial charge in [-0.15, -0.1) is 12.4 Å². The van der Waals surface area contributed by atoms with E-state index < -0.39 is 0 Å². The molecular formula is C6H11ClN4O. The molecule has 0 aromatic rings. The molecule has 2 bridgehead atoms. The molecule has 6 heteroatoms. The van der Waals surface area contributed by atoms with Crippen LogP contribution in [-0.2, 0) is 4.74 Å². The van der Waals surface area contributed by atoms with E-state index >= 15 is 0 Å². The van der Waals surface area contributed by atoms with Crippen LogP contribution in [0, 0.1) is 0 Å². The highest BCUT2D eigenvalue weighted by Gasteiger charge is 2.59. The van der Waals surface area contributed by atoms with Crippen LogP contribution in [0.25, 0.3) is 10.4 Å². The molecule has 0 spiro atoms. The van der Waals surface area contributed by atoms with Crippen LogP contribution < -0.4 is 5.73 Å². The van der Waals surface area contributed by atoms with Gasteiger partial charge < -0.3 is 10.5 Å². The molecule has 2 N–H and O–H groups in total. The number of nitrogens with zero attached hydrogens (tertiary/aromatic N) is 3. The van der Waals surface area contributed by atoms with Crippen LogP contribution in [0.15, 0.2) is 5.11 Å². The fourth-order valence-electron chi connectivity index (χ4n) is 2.05. The van der Waals surface area contributed by atoms with Gasteiger partial charge in [0.1, 0.15) is 0 Å². The monoisotopic (exact) mass is 190 g/mol. The normalized spacial score (nSPS) is 42.4. The van der Waals surface area contributed by atoms with Crippen molar-refractivity contribution in [2.24, 2.45) is 10.8 Å². The zero-order chi connectivity index (χ0) is 7.95. The molecule has 0 atom stereocenters. The van der Waals surface area contributed by atoms with Crippen LogP contribution in [-0.4, -0.2) is 24.3 Å². The number of ether oxygens (including phenoxy) is 1. The first kappa shape index (κ1) is 9.61. The molecule has 12 heavy (non-hydrogen) atoms. The van der Waals surface area contributed by atoms with Crippen LogP contribution in [0.4, 0.5) is 0 Å². The van der Waals surface area contributed by atoms with Crippen molar-refractivity contribution >= 4 is 12.4 Å². The Morgan fingerprint density at radius 3 is 2.67 bits per heavy atom. The molecule has 3 aliphatic rings. The van der Waals surface area contributed by atoms with Gasteiger partial charge in [0.05, 0.1) is 18.8 Å². The third kappa shape index (κ3) is 1.25. The van der Waals surface area contributed by atoms with Crippen molar-refractivity contribution < 1.29 is 4.74 Å². The molecule has 68 valence electrons. The second-order valence-corrected chi connectivity index (χ2v) is 3.58. The highest BCUT2D eigenvalue weighted by atomic mass is 35.5. The highest BCUT2D eigenvalue weighted by Crippen LogP contribution is 2.49. The number of nitrogens with two attached hydrogens (primary N) is 1. The molecule has 2 heterocycles. The minimum Gasteiger partial charge on any atom is -0.373 e. The van der Waals surface area contributed by atoms with Gasteiger partial charge in [-0.25, -0.2) is 0 Å². The van der Waals surface area contributed by atoms with Gasteiger partial charge in [-0.2, -0.15) is 0 Å². The average molecular weight is 191 g/mol. The summed E-state index contributed by atoms with van der Waals surface area (Å²) in [6.07, 6.45) is 1.69. The van der Waals surface area contributed by atoms with Crippen molar-refractivity contribution in [3.8, 4) is 0 Å². The molecule has 1 aliphatic carbocycles. The summed E-state index contributed by atoms with van der Waals surface area (Å²) >= 11 is 0. The van der Waals surface area contributed by atoms with Gasteiger partial charge in [0.15, 0.2) is 0 Å². The van der Waals surface area contributed by atoms with Gasteiger partial charge in [-0.3, -0.25) is 0 Å². The van der Waals surface area contributed by atoms with Crippen molar-refractivity contribution in [3.63, 3.8) is 0 Å². The van der Waals surface area contributed by atoms with Crippen LogP contribution in [0.5, 0.6) is 0 Å². The topological polar surface area (TPSA) is 84.0 Å². The number of azide groups is 1. The van der Waals surface area contributed by atoms with Gasteiger partial charge in [0.2, 0.25) is 0 Å². The maximum absolute atomic E-state index is 8.09. The lowest BCUT2D eigenvalue weighted by molar-refractivity contribution is 0.00736. The summed E-state index contributed by atoms with van der Waals surface area (Å²) in [7, 11) is 0. The van der Waals surface area contributed by atoms with E-state index in [1.54, 1.807) is 0 Å². The number of hydrogen-bond acceptors (Lipinski definition) is 3. The van der Waals surface area contributed by atoms with E-state index in [0.717, 1.165) is 12.8 Å². The second-order valence-electron chi connectivity index (χ2n) is 3.58. The van der Waals surface area contributed by atoms with Crippen molar-refractivity contribution in [1.82, 2.24) is 0 Å². The lowest BCUT2D eigenvalue weighted by Gasteiger charge is -2.41. The molecule has 0 radical (unpaired) electrons. The summed E-state index contributed by atoms with van der Waals surface area (Å²) in [5.41, 5.74) is 13.6. The van der Waals surface area contributed by atoms with Crippen LogP contribution >= 0.6 is 12.4 Å². The van der Waals surface area contributed by atoms with Crippen molar-refractivity contribution in [2.45, 2.75) is 24.0 Å². The Bertz CT molecular complexity index is 232. The molecule has 1 saturated carbocycles. The standard InChI is InChI=1S/C6H10N4O.ClH/c7-5-1-6(2-5,11-4-5)3-9-10-8;/h1-4,7H2;1H. The molecule has 2 saturated heterocycles. The Labute approximate surface area is 76.3 Å². The van der Waals surface area contributed by atoms with Gasteiger partial charge in [0.25, 0.3) is 0 Å². The van der Waals surface area contributed by atoms with Crippen molar-refractivity contribution in [1.29, 1.82) is 0 Å². The first-order chi connectivity index (χ1) is 5.18. The lowest BCUT2D eigenvalue weighted by Crippen LogP contribution is -2.56. The van der Waals surface area contributed by atoms with E-state index in [1.807, 2.05) is 0 Å². The predicted octanol–water partition coefficient (Wildman–Crippen LogP) is 0.979. The number of halogens is 1. The summed E-state index contributed by atoms with van der Waals surface area (Å²) in [6, 6.07) is 0. The van der Waals surface area contributed by atoms with E-state index in [1.165, 1.54) is 0 Å². The maximum Gasteiger partial charge on any atom is 0.0776 e. The summed E-state index contributed by atoms with van der Waals surface area (Å²) in [4.78, 5) is 2.70. The fraction of sp³-hybridized carbons (Fsp3) is 1.00. The number of fused-ring (bicyclic) bond motifs is 1. The summed E-state index contributed by atoms with van der Waals surface area (Å²) in [5, 5.41) is 3.49. The first-order valence-electron chi connectivity index (χ1n) is 3.62. The molecule has 0 aromatic carbocycles.